The molecule has 3 aromatic carbocycles. The fourth-order valence-corrected chi connectivity index (χ4v) is 5.28. The molecule has 1 aromatic heterocycles. The highest BCUT2D eigenvalue weighted by Gasteiger charge is 2.23. The van der Waals surface area contributed by atoms with E-state index in [0.717, 1.165) is 0 Å². The number of nitrogens with one attached hydrogen (secondary N) is 1. The van der Waals surface area contributed by atoms with Gasteiger partial charge in [-0.2, -0.15) is 0 Å². The van der Waals surface area contributed by atoms with Gasteiger partial charge in [0.05, 0.1) is 22.9 Å². The molecule has 0 fully saturated rings. The van der Waals surface area contributed by atoms with E-state index in [9.17, 15) is 17.6 Å². The van der Waals surface area contributed by atoms with Crippen molar-refractivity contribution in [3.63, 3.8) is 0 Å². The molecule has 8 heteroatoms. The first kappa shape index (κ1) is 22.5. The van der Waals surface area contributed by atoms with Crippen LogP contribution in [0.1, 0.15) is 12.5 Å². The maximum atomic E-state index is 14.1. The molecule has 4 rings (SSSR count). The molecule has 0 spiro atoms. The van der Waals surface area contributed by atoms with Crippen molar-refractivity contribution in [3.8, 4) is 5.75 Å². The van der Waals surface area contributed by atoms with Gasteiger partial charge >= 0.3 is 0 Å². The van der Waals surface area contributed by atoms with Crippen molar-refractivity contribution in [2.75, 3.05) is 11.9 Å². The standard InChI is InChI=1S/C25H23FN2O4S/c1-2-32-23-14-8-6-12-21(23)27-25(29)16-28-15-24(19-10-4-7-13-22(19)28)33(30,31)17-18-9-3-5-11-20(18)26/h3-15H,2,16-17H2,1H3,(H,27,29). The summed E-state index contributed by atoms with van der Waals surface area (Å²) in [5.74, 6) is -0.821. The number of ether oxygens (including phenoxy) is 1. The van der Waals surface area contributed by atoms with Gasteiger partial charge in [0.1, 0.15) is 18.1 Å². The Hall–Kier alpha value is -3.65. The molecule has 0 unspecified atom stereocenters. The number of rotatable bonds is 8. The Morgan fingerprint density at radius 3 is 2.48 bits per heavy atom. The molecule has 1 amide bonds. The average Bonchev–Trinajstić information content (AvgIpc) is 3.16. The van der Waals surface area contributed by atoms with Crippen molar-refractivity contribution in [3.05, 3.63) is 90.4 Å². The third-order valence-electron chi connectivity index (χ3n) is 5.17. The van der Waals surface area contributed by atoms with Crippen LogP contribution in [0.15, 0.2) is 83.9 Å². The predicted octanol–water partition coefficient (Wildman–Crippen LogP) is 4.79. The van der Waals surface area contributed by atoms with Crippen molar-refractivity contribution in [2.45, 2.75) is 24.1 Å². The molecule has 1 N–H and O–H groups in total. The lowest BCUT2D eigenvalue weighted by Crippen LogP contribution is -2.18. The molecule has 0 radical (unpaired) electrons. The van der Waals surface area contributed by atoms with Gasteiger partial charge in [-0.25, -0.2) is 12.8 Å². The second-order valence-corrected chi connectivity index (χ2v) is 9.42. The van der Waals surface area contributed by atoms with Crippen LogP contribution in [-0.2, 0) is 26.9 Å². The molecule has 0 bridgehead atoms. The number of sulfone groups is 1. The molecule has 0 atom stereocenters. The Kier molecular flexibility index (Phi) is 6.46. The molecule has 0 aliphatic heterocycles. The third-order valence-corrected chi connectivity index (χ3v) is 6.85. The molecule has 0 saturated heterocycles. The van der Waals surface area contributed by atoms with Crippen LogP contribution in [0.3, 0.4) is 0 Å². The zero-order valence-corrected chi connectivity index (χ0v) is 18.8. The first-order valence-corrected chi connectivity index (χ1v) is 12.1. The smallest absolute Gasteiger partial charge is 0.244 e. The quantitative estimate of drug-likeness (QED) is 0.405. The number of aromatic nitrogens is 1. The van der Waals surface area contributed by atoms with Crippen molar-refractivity contribution < 1.29 is 22.3 Å². The zero-order valence-electron chi connectivity index (χ0n) is 18.0. The summed E-state index contributed by atoms with van der Waals surface area (Å²) in [6.45, 7) is 2.21. The normalized spacial score (nSPS) is 11.5. The summed E-state index contributed by atoms with van der Waals surface area (Å²) in [5.41, 5.74) is 1.23. The fourth-order valence-electron chi connectivity index (χ4n) is 3.69. The molecule has 0 aliphatic carbocycles. The van der Waals surface area contributed by atoms with E-state index in [2.05, 4.69) is 5.32 Å². The summed E-state index contributed by atoms with van der Waals surface area (Å²) in [4.78, 5) is 12.8. The number of amides is 1. The maximum absolute atomic E-state index is 14.1. The van der Waals surface area contributed by atoms with Crippen LogP contribution in [0.5, 0.6) is 5.75 Å². The number of fused-ring (bicyclic) bond motifs is 1. The maximum Gasteiger partial charge on any atom is 0.244 e. The molecule has 0 saturated carbocycles. The Morgan fingerprint density at radius 2 is 1.70 bits per heavy atom. The average molecular weight is 467 g/mol. The van der Waals surface area contributed by atoms with Crippen LogP contribution in [0.25, 0.3) is 10.9 Å². The first-order chi connectivity index (χ1) is 15.9. The number of hydrogen-bond acceptors (Lipinski definition) is 4. The minimum Gasteiger partial charge on any atom is -0.492 e. The highest BCUT2D eigenvalue weighted by molar-refractivity contribution is 7.90. The summed E-state index contributed by atoms with van der Waals surface area (Å²) in [5, 5.41) is 3.30. The van der Waals surface area contributed by atoms with Gasteiger partial charge in [0.15, 0.2) is 9.84 Å². The monoisotopic (exact) mass is 466 g/mol. The topological polar surface area (TPSA) is 77.4 Å². The second kappa shape index (κ2) is 9.46. The lowest BCUT2D eigenvalue weighted by atomic mass is 10.2. The first-order valence-electron chi connectivity index (χ1n) is 10.4. The molecule has 6 nitrogen and oxygen atoms in total. The zero-order chi connectivity index (χ0) is 23.4. The van der Waals surface area contributed by atoms with Gasteiger partial charge in [-0.3, -0.25) is 4.79 Å². The second-order valence-electron chi connectivity index (χ2n) is 7.47. The van der Waals surface area contributed by atoms with Crippen LogP contribution in [0.4, 0.5) is 10.1 Å². The number of carbonyl (C=O) groups excluding carboxylic acids is 1. The number of carbonyl (C=O) groups is 1. The van der Waals surface area contributed by atoms with Gasteiger partial charge < -0.3 is 14.6 Å². The van der Waals surface area contributed by atoms with Crippen LogP contribution in [0, 0.1) is 5.82 Å². The Labute approximate surface area is 191 Å². The number of halogens is 1. The molecule has 33 heavy (non-hydrogen) atoms. The van der Waals surface area contributed by atoms with Gasteiger partial charge in [0, 0.05) is 22.7 Å². The van der Waals surface area contributed by atoms with Crippen molar-refractivity contribution in [1.29, 1.82) is 0 Å². The van der Waals surface area contributed by atoms with E-state index in [1.54, 1.807) is 53.1 Å². The SMILES string of the molecule is CCOc1ccccc1NC(=O)Cn1cc(S(=O)(=O)Cc2ccccc2F)c2ccccc21. The van der Waals surface area contributed by atoms with Gasteiger partial charge in [-0.15, -0.1) is 0 Å². The van der Waals surface area contributed by atoms with Crippen LogP contribution in [-0.4, -0.2) is 25.5 Å². The third kappa shape index (κ3) is 4.90. The van der Waals surface area contributed by atoms with Crippen molar-refractivity contribution in [1.82, 2.24) is 4.57 Å². The molecule has 170 valence electrons. The summed E-state index contributed by atoms with van der Waals surface area (Å²) in [6.07, 6.45) is 1.44. The molecule has 0 aliphatic rings. The Balaban J connectivity index is 1.64. The number of para-hydroxylation sites is 3. The number of hydrogen-bond donors (Lipinski definition) is 1. The van der Waals surface area contributed by atoms with E-state index in [4.69, 9.17) is 4.74 Å². The molecule has 4 aromatic rings. The van der Waals surface area contributed by atoms with Crippen LogP contribution < -0.4 is 10.1 Å². The van der Waals surface area contributed by atoms with E-state index in [1.165, 1.54) is 24.4 Å². The highest BCUT2D eigenvalue weighted by Crippen LogP contribution is 2.29. The summed E-state index contributed by atoms with van der Waals surface area (Å²) in [7, 11) is -3.86. The highest BCUT2D eigenvalue weighted by atomic mass is 32.2. The van der Waals surface area contributed by atoms with E-state index in [1.807, 2.05) is 13.0 Å². The Morgan fingerprint density at radius 1 is 1.00 bits per heavy atom. The largest absolute Gasteiger partial charge is 0.492 e. The van der Waals surface area contributed by atoms with Crippen molar-refractivity contribution in [2.24, 2.45) is 0 Å². The lowest BCUT2D eigenvalue weighted by Gasteiger charge is -2.12. The van der Waals surface area contributed by atoms with Gasteiger partial charge in [-0.1, -0.05) is 48.5 Å². The molecule has 1 heterocycles. The van der Waals surface area contributed by atoms with Gasteiger partial charge in [0.25, 0.3) is 0 Å². The summed E-state index contributed by atoms with van der Waals surface area (Å²) >= 11 is 0. The minimum atomic E-state index is -3.86. The van der Waals surface area contributed by atoms with E-state index >= 15 is 0 Å². The predicted molar refractivity (Wildman–Crippen MR) is 125 cm³/mol. The van der Waals surface area contributed by atoms with E-state index in [-0.39, 0.29) is 22.9 Å². The molecular formula is C25H23FN2O4S. The minimum absolute atomic E-state index is 0.0591. The van der Waals surface area contributed by atoms with Crippen LogP contribution >= 0.6 is 0 Å². The number of anilines is 1. The lowest BCUT2D eigenvalue weighted by molar-refractivity contribution is -0.116. The molecular weight excluding hydrogens is 443 g/mol. The fraction of sp³-hybridized carbons (Fsp3) is 0.160. The number of nitrogens with zero attached hydrogens (tertiary/aromatic N) is 1. The summed E-state index contributed by atoms with van der Waals surface area (Å²) in [6, 6.07) is 19.8. The van der Waals surface area contributed by atoms with Gasteiger partial charge in [-0.05, 0) is 31.2 Å². The van der Waals surface area contributed by atoms with E-state index in [0.29, 0.717) is 28.9 Å². The number of benzene rings is 3. The van der Waals surface area contributed by atoms with Crippen molar-refractivity contribution >= 4 is 32.3 Å². The van der Waals surface area contributed by atoms with Gasteiger partial charge in [0.2, 0.25) is 5.91 Å². The Bertz CT molecular complexity index is 1410. The van der Waals surface area contributed by atoms with Crippen LogP contribution in [0.2, 0.25) is 0 Å². The van der Waals surface area contributed by atoms with E-state index < -0.39 is 21.4 Å². The summed E-state index contributed by atoms with van der Waals surface area (Å²) < 4.78 is 47.6.